The normalized spacial score (nSPS) is 40.8. The second-order valence-corrected chi connectivity index (χ2v) is 6.42. The SMILES string of the molecule is CC1=CC23OC(CCC2(C)C)C(C)=C3CC1. The van der Waals surface area contributed by atoms with Crippen molar-refractivity contribution < 1.29 is 4.74 Å². The van der Waals surface area contributed by atoms with Crippen molar-refractivity contribution in [3.63, 3.8) is 0 Å². The van der Waals surface area contributed by atoms with Crippen molar-refractivity contribution in [1.82, 2.24) is 0 Å². The molecule has 1 nitrogen and oxygen atoms in total. The van der Waals surface area contributed by atoms with E-state index in [1.54, 1.807) is 5.57 Å². The predicted octanol–water partition coefficient (Wildman–Crippen LogP) is 4.00. The van der Waals surface area contributed by atoms with Gasteiger partial charge in [-0.2, -0.15) is 0 Å². The first-order valence-electron chi connectivity index (χ1n) is 6.52. The number of fused-ring (bicyclic) bond motifs is 1. The van der Waals surface area contributed by atoms with Crippen molar-refractivity contribution in [3.8, 4) is 0 Å². The molecule has 16 heavy (non-hydrogen) atoms. The van der Waals surface area contributed by atoms with Crippen molar-refractivity contribution in [2.45, 2.75) is 65.1 Å². The Morgan fingerprint density at radius 1 is 1.25 bits per heavy atom. The second-order valence-electron chi connectivity index (χ2n) is 6.42. The van der Waals surface area contributed by atoms with Gasteiger partial charge in [-0.15, -0.1) is 0 Å². The van der Waals surface area contributed by atoms with Gasteiger partial charge >= 0.3 is 0 Å². The monoisotopic (exact) mass is 218 g/mol. The van der Waals surface area contributed by atoms with Crippen LogP contribution >= 0.6 is 0 Å². The van der Waals surface area contributed by atoms with Gasteiger partial charge in [0.2, 0.25) is 0 Å². The molecule has 0 saturated carbocycles. The zero-order valence-electron chi connectivity index (χ0n) is 10.9. The fraction of sp³-hybridized carbons (Fsp3) is 0.733. The number of rotatable bonds is 0. The zero-order chi connectivity index (χ0) is 11.6. The smallest absolute Gasteiger partial charge is 0.114 e. The summed E-state index contributed by atoms with van der Waals surface area (Å²) in [6, 6.07) is 0. The van der Waals surface area contributed by atoms with Crippen LogP contribution in [0.3, 0.4) is 0 Å². The van der Waals surface area contributed by atoms with E-state index >= 15 is 0 Å². The van der Waals surface area contributed by atoms with E-state index in [4.69, 9.17) is 4.74 Å². The van der Waals surface area contributed by atoms with Gasteiger partial charge < -0.3 is 4.74 Å². The molecule has 2 atom stereocenters. The molecule has 0 aromatic carbocycles. The molecular weight excluding hydrogens is 196 g/mol. The number of hydrogen-bond donors (Lipinski definition) is 0. The summed E-state index contributed by atoms with van der Waals surface area (Å²) < 4.78 is 6.44. The van der Waals surface area contributed by atoms with Crippen LogP contribution in [0.15, 0.2) is 22.8 Å². The first-order valence-corrected chi connectivity index (χ1v) is 6.52. The fourth-order valence-corrected chi connectivity index (χ4v) is 3.83. The summed E-state index contributed by atoms with van der Waals surface area (Å²) in [5.74, 6) is 0. The van der Waals surface area contributed by atoms with Crippen molar-refractivity contribution in [2.75, 3.05) is 0 Å². The molecule has 3 rings (SSSR count). The summed E-state index contributed by atoms with van der Waals surface area (Å²) in [5.41, 5.74) is 4.85. The quantitative estimate of drug-likeness (QED) is 0.558. The molecule has 0 aromatic rings. The van der Waals surface area contributed by atoms with Gasteiger partial charge in [0.1, 0.15) is 5.60 Å². The molecule has 1 spiro atoms. The van der Waals surface area contributed by atoms with Crippen LogP contribution in [0.25, 0.3) is 0 Å². The zero-order valence-corrected chi connectivity index (χ0v) is 10.9. The van der Waals surface area contributed by atoms with Gasteiger partial charge in [0.15, 0.2) is 0 Å². The minimum absolute atomic E-state index is 0.0532. The molecule has 0 aromatic heterocycles. The van der Waals surface area contributed by atoms with E-state index < -0.39 is 0 Å². The lowest BCUT2D eigenvalue weighted by Crippen LogP contribution is -2.50. The molecule has 88 valence electrons. The maximum Gasteiger partial charge on any atom is 0.114 e. The Morgan fingerprint density at radius 3 is 2.75 bits per heavy atom. The summed E-state index contributed by atoms with van der Waals surface area (Å²) in [7, 11) is 0. The van der Waals surface area contributed by atoms with Crippen molar-refractivity contribution in [2.24, 2.45) is 5.41 Å². The van der Waals surface area contributed by atoms with E-state index in [9.17, 15) is 0 Å². The molecule has 2 heterocycles. The van der Waals surface area contributed by atoms with Crippen LogP contribution in [0.2, 0.25) is 0 Å². The van der Waals surface area contributed by atoms with Crippen molar-refractivity contribution in [3.05, 3.63) is 22.8 Å². The minimum Gasteiger partial charge on any atom is -0.358 e. The molecule has 1 heteroatoms. The summed E-state index contributed by atoms with van der Waals surface area (Å²) in [5, 5.41) is 0. The van der Waals surface area contributed by atoms with Crippen LogP contribution in [0.1, 0.15) is 53.4 Å². The Balaban J connectivity index is 2.21. The van der Waals surface area contributed by atoms with Gasteiger partial charge in [-0.1, -0.05) is 19.4 Å². The van der Waals surface area contributed by atoms with E-state index in [0.29, 0.717) is 6.10 Å². The molecule has 2 aliphatic heterocycles. The van der Waals surface area contributed by atoms with E-state index in [1.807, 2.05) is 0 Å². The number of hydrogen-bond acceptors (Lipinski definition) is 1. The van der Waals surface area contributed by atoms with Crippen molar-refractivity contribution in [1.29, 1.82) is 0 Å². The van der Waals surface area contributed by atoms with Gasteiger partial charge in [-0.3, -0.25) is 0 Å². The largest absolute Gasteiger partial charge is 0.358 e. The molecule has 2 unspecified atom stereocenters. The van der Waals surface area contributed by atoms with Crippen LogP contribution in [0, 0.1) is 5.41 Å². The highest BCUT2D eigenvalue weighted by Gasteiger charge is 2.57. The molecule has 1 fully saturated rings. The van der Waals surface area contributed by atoms with E-state index in [0.717, 1.165) is 0 Å². The number of allylic oxidation sites excluding steroid dienone is 1. The lowest BCUT2D eigenvalue weighted by Gasteiger charge is -2.49. The van der Waals surface area contributed by atoms with Crippen LogP contribution < -0.4 is 0 Å². The molecule has 3 aliphatic rings. The molecule has 1 aliphatic carbocycles. The van der Waals surface area contributed by atoms with Gasteiger partial charge in [0.25, 0.3) is 0 Å². The van der Waals surface area contributed by atoms with Gasteiger partial charge in [0.05, 0.1) is 6.10 Å². The third-order valence-electron chi connectivity index (χ3n) is 4.99. The molecule has 0 radical (unpaired) electrons. The Morgan fingerprint density at radius 2 is 2.00 bits per heavy atom. The predicted molar refractivity (Wildman–Crippen MR) is 66.3 cm³/mol. The highest BCUT2D eigenvalue weighted by Crippen LogP contribution is 2.58. The lowest BCUT2D eigenvalue weighted by atomic mass is 9.64. The summed E-state index contributed by atoms with van der Waals surface area (Å²) in [6.07, 6.45) is 7.76. The molecule has 0 N–H and O–H groups in total. The molecule has 0 amide bonds. The van der Waals surface area contributed by atoms with E-state index in [1.165, 1.54) is 36.8 Å². The van der Waals surface area contributed by atoms with Crippen LogP contribution in [0.5, 0.6) is 0 Å². The topological polar surface area (TPSA) is 9.23 Å². The fourth-order valence-electron chi connectivity index (χ4n) is 3.83. The van der Waals surface area contributed by atoms with Gasteiger partial charge in [-0.05, 0) is 56.8 Å². The van der Waals surface area contributed by atoms with Crippen LogP contribution in [-0.2, 0) is 4.74 Å². The third-order valence-corrected chi connectivity index (χ3v) is 4.99. The Labute approximate surface area is 98.6 Å². The van der Waals surface area contributed by atoms with Crippen molar-refractivity contribution >= 4 is 0 Å². The summed E-state index contributed by atoms with van der Waals surface area (Å²) >= 11 is 0. The second kappa shape index (κ2) is 3.01. The number of ether oxygens (including phenoxy) is 1. The lowest BCUT2D eigenvalue weighted by molar-refractivity contribution is -0.116. The van der Waals surface area contributed by atoms with E-state index in [2.05, 4.69) is 33.8 Å². The van der Waals surface area contributed by atoms with Crippen LogP contribution in [0.4, 0.5) is 0 Å². The van der Waals surface area contributed by atoms with Gasteiger partial charge in [-0.25, -0.2) is 0 Å². The maximum absolute atomic E-state index is 6.44. The summed E-state index contributed by atoms with van der Waals surface area (Å²) in [6.45, 7) is 9.29. The molecule has 2 bridgehead atoms. The van der Waals surface area contributed by atoms with E-state index in [-0.39, 0.29) is 11.0 Å². The Hall–Kier alpha value is -0.560. The highest BCUT2D eigenvalue weighted by atomic mass is 16.5. The first kappa shape index (κ1) is 10.6. The summed E-state index contributed by atoms with van der Waals surface area (Å²) in [4.78, 5) is 0. The Bertz CT molecular complexity index is 400. The average molecular weight is 218 g/mol. The Kier molecular flexibility index (Phi) is 1.99. The minimum atomic E-state index is -0.0532. The highest BCUT2D eigenvalue weighted by molar-refractivity contribution is 5.44. The van der Waals surface area contributed by atoms with Crippen LogP contribution in [-0.4, -0.2) is 11.7 Å². The first-order chi connectivity index (χ1) is 7.46. The molecule has 1 saturated heterocycles. The standard InChI is InChI=1S/C15H22O/c1-10-5-6-12-11(2)13-7-8-14(3,4)15(12,9-10)16-13/h9,13H,5-8H2,1-4H3. The van der Waals surface area contributed by atoms with Gasteiger partial charge in [0, 0.05) is 5.41 Å². The molecular formula is C15H22O. The average Bonchev–Trinajstić information content (AvgIpc) is 2.46. The maximum atomic E-state index is 6.44. The third kappa shape index (κ3) is 1.10.